The van der Waals surface area contributed by atoms with Crippen LogP contribution in [0.2, 0.25) is 0 Å². The van der Waals surface area contributed by atoms with Gasteiger partial charge in [0, 0.05) is 23.6 Å². The summed E-state index contributed by atoms with van der Waals surface area (Å²) in [6.07, 6.45) is 0. The highest BCUT2D eigenvalue weighted by atomic mass is 16.5. The molecule has 0 aliphatic rings. The van der Waals surface area contributed by atoms with Gasteiger partial charge in [-0.25, -0.2) is 4.79 Å². The van der Waals surface area contributed by atoms with E-state index in [1.165, 1.54) is 14.2 Å². The van der Waals surface area contributed by atoms with Crippen molar-refractivity contribution in [3.8, 4) is 5.75 Å². The van der Waals surface area contributed by atoms with Crippen LogP contribution in [-0.2, 0) is 16.1 Å². The van der Waals surface area contributed by atoms with Gasteiger partial charge in [0.25, 0.3) is 0 Å². The second-order valence-corrected chi connectivity index (χ2v) is 5.57. The normalized spacial score (nSPS) is 10.7. The number of hydrogen-bond donors (Lipinski definition) is 0. The Morgan fingerprint density at radius 2 is 1.85 bits per heavy atom. The molecule has 0 saturated heterocycles. The van der Waals surface area contributed by atoms with Gasteiger partial charge in [0.15, 0.2) is 12.4 Å². The molecule has 2 aromatic carbocycles. The molecule has 1 aromatic heterocycles. The van der Waals surface area contributed by atoms with E-state index in [1.807, 2.05) is 18.2 Å². The van der Waals surface area contributed by atoms with Crippen LogP contribution in [0.15, 0.2) is 52.9 Å². The highest BCUT2D eigenvalue weighted by molar-refractivity contribution is 6.00. The van der Waals surface area contributed by atoms with E-state index in [-0.39, 0.29) is 18.2 Å². The Hall–Kier alpha value is -3.12. The van der Waals surface area contributed by atoms with E-state index in [2.05, 4.69) is 0 Å². The van der Waals surface area contributed by atoms with E-state index < -0.39 is 12.6 Å². The third kappa shape index (κ3) is 3.60. The molecule has 0 amide bonds. The molecule has 0 N–H and O–H groups in total. The quantitative estimate of drug-likeness (QED) is 0.476. The summed E-state index contributed by atoms with van der Waals surface area (Å²) in [4.78, 5) is 24.7. The Bertz CT molecular complexity index is 940. The van der Waals surface area contributed by atoms with Gasteiger partial charge < -0.3 is 18.6 Å². The number of rotatable bonds is 7. The first-order valence-corrected chi connectivity index (χ1v) is 7.97. The van der Waals surface area contributed by atoms with Gasteiger partial charge >= 0.3 is 5.97 Å². The molecule has 134 valence electrons. The average molecular weight is 354 g/mol. The molecule has 6 heteroatoms. The van der Waals surface area contributed by atoms with Crippen molar-refractivity contribution in [2.75, 3.05) is 20.8 Å². The van der Waals surface area contributed by atoms with Crippen molar-refractivity contribution in [3.63, 3.8) is 0 Å². The van der Waals surface area contributed by atoms with E-state index in [0.717, 1.165) is 5.39 Å². The summed E-state index contributed by atoms with van der Waals surface area (Å²) in [5, 5.41) is 0.778. The first kappa shape index (κ1) is 17.7. The SMILES string of the molecule is COCc1c(C(=O)OCC(=O)c2cccc(OC)c2)oc2ccccc12. The second-order valence-electron chi connectivity index (χ2n) is 5.57. The molecule has 0 radical (unpaired) electrons. The molecule has 0 atom stereocenters. The Morgan fingerprint density at radius 1 is 1.04 bits per heavy atom. The number of para-hydroxylation sites is 1. The van der Waals surface area contributed by atoms with Gasteiger partial charge in [0.05, 0.1) is 13.7 Å². The van der Waals surface area contributed by atoms with Gasteiger partial charge in [0.1, 0.15) is 11.3 Å². The number of methoxy groups -OCH3 is 2. The number of Topliss-reactive ketones (excluding diaryl/α,β-unsaturated/α-hetero) is 1. The van der Waals surface area contributed by atoms with Crippen LogP contribution in [0.25, 0.3) is 11.0 Å². The van der Waals surface area contributed by atoms with Crippen molar-refractivity contribution in [2.45, 2.75) is 6.61 Å². The monoisotopic (exact) mass is 354 g/mol. The number of hydrogen-bond acceptors (Lipinski definition) is 6. The molecule has 0 bridgehead atoms. The Labute approximate surface area is 150 Å². The molecular formula is C20H18O6. The maximum absolute atomic E-state index is 12.4. The van der Waals surface area contributed by atoms with Gasteiger partial charge in [-0.1, -0.05) is 30.3 Å². The lowest BCUT2D eigenvalue weighted by atomic mass is 10.1. The third-order valence-corrected chi connectivity index (χ3v) is 3.90. The van der Waals surface area contributed by atoms with Crippen LogP contribution in [0.4, 0.5) is 0 Å². The van der Waals surface area contributed by atoms with Crippen molar-refractivity contribution in [1.82, 2.24) is 0 Å². The summed E-state index contributed by atoms with van der Waals surface area (Å²) in [6.45, 7) is -0.194. The van der Waals surface area contributed by atoms with E-state index in [1.54, 1.807) is 30.3 Å². The van der Waals surface area contributed by atoms with Crippen LogP contribution >= 0.6 is 0 Å². The summed E-state index contributed by atoms with van der Waals surface area (Å²) in [6, 6.07) is 13.9. The fraction of sp³-hybridized carbons (Fsp3) is 0.200. The largest absolute Gasteiger partial charge is 0.497 e. The number of benzene rings is 2. The molecule has 3 rings (SSSR count). The molecule has 0 aliphatic carbocycles. The minimum atomic E-state index is -0.704. The zero-order chi connectivity index (χ0) is 18.5. The number of ether oxygens (including phenoxy) is 3. The third-order valence-electron chi connectivity index (χ3n) is 3.90. The fourth-order valence-electron chi connectivity index (χ4n) is 2.63. The first-order valence-electron chi connectivity index (χ1n) is 7.97. The molecule has 1 heterocycles. The molecule has 26 heavy (non-hydrogen) atoms. The zero-order valence-electron chi connectivity index (χ0n) is 14.5. The summed E-state index contributed by atoms with van der Waals surface area (Å²) in [5.41, 5.74) is 1.56. The number of carbonyl (C=O) groups is 2. The summed E-state index contributed by atoms with van der Waals surface area (Å²) in [5.74, 6) is -0.431. The molecule has 3 aromatic rings. The number of furan rings is 1. The molecule has 6 nitrogen and oxygen atoms in total. The van der Waals surface area contributed by atoms with E-state index in [0.29, 0.717) is 22.5 Å². The number of ketones is 1. The smallest absolute Gasteiger partial charge is 0.375 e. The Morgan fingerprint density at radius 3 is 2.62 bits per heavy atom. The standard InChI is InChI=1S/C20H18O6/c1-23-11-16-15-8-3-4-9-18(15)26-19(16)20(22)25-12-17(21)13-6-5-7-14(10-13)24-2/h3-10H,11-12H2,1-2H3. The van der Waals surface area contributed by atoms with Gasteiger partial charge in [-0.3, -0.25) is 4.79 Å². The van der Waals surface area contributed by atoms with Crippen molar-refractivity contribution in [2.24, 2.45) is 0 Å². The van der Waals surface area contributed by atoms with Crippen LogP contribution in [0.5, 0.6) is 5.75 Å². The molecule has 0 saturated carbocycles. The van der Waals surface area contributed by atoms with Crippen LogP contribution in [-0.4, -0.2) is 32.6 Å². The van der Waals surface area contributed by atoms with Gasteiger partial charge in [-0.2, -0.15) is 0 Å². The molecule has 0 fully saturated rings. The van der Waals surface area contributed by atoms with E-state index in [4.69, 9.17) is 18.6 Å². The van der Waals surface area contributed by atoms with Crippen LogP contribution in [0.1, 0.15) is 26.5 Å². The predicted octanol–water partition coefficient (Wildman–Crippen LogP) is 3.63. The van der Waals surface area contributed by atoms with Crippen LogP contribution < -0.4 is 4.74 Å². The summed E-state index contributed by atoms with van der Waals surface area (Å²) >= 11 is 0. The lowest BCUT2D eigenvalue weighted by Gasteiger charge is -2.06. The Kier molecular flexibility index (Phi) is 5.34. The second kappa shape index (κ2) is 7.84. The number of esters is 1. The maximum atomic E-state index is 12.4. The Balaban J connectivity index is 1.76. The molecule has 0 aliphatic heterocycles. The lowest BCUT2D eigenvalue weighted by Crippen LogP contribution is -2.15. The van der Waals surface area contributed by atoms with Gasteiger partial charge in [-0.05, 0) is 18.2 Å². The van der Waals surface area contributed by atoms with Crippen molar-refractivity contribution in [3.05, 3.63) is 65.4 Å². The van der Waals surface area contributed by atoms with Gasteiger partial charge in [-0.15, -0.1) is 0 Å². The first-order chi connectivity index (χ1) is 12.6. The average Bonchev–Trinajstić information content (AvgIpc) is 3.05. The fourth-order valence-corrected chi connectivity index (χ4v) is 2.63. The van der Waals surface area contributed by atoms with Crippen molar-refractivity contribution in [1.29, 1.82) is 0 Å². The van der Waals surface area contributed by atoms with E-state index >= 15 is 0 Å². The lowest BCUT2D eigenvalue weighted by molar-refractivity contribution is 0.0441. The van der Waals surface area contributed by atoms with Crippen molar-refractivity contribution < 1.29 is 28.2 Å². The highest BCUT2D eigenvalue weighted by Crippen LogP contribution is 2.27. The number of fused-ring (bicyclic) bond motifs is 1. The van der Waals surface area contributed by atoms with Crippen LogP contribution in [0, 0.1) is 0 Å². The molecule has 0 unspecified atom stereocenters. The molecular weight excluding hydrogens is 336 g/mol. The van der Waals surface area contributed by atoms with Crippen LogP contribution in [0.3, 0.4) is 0 Å². The minimum Gasteiger partial charge on any atom is -0.497 e. The summed E-state index contributed by atoms with van der Waals surface area (Å²) < 4.78 is 21.0. The van der Waals surface area contributed by atoms with Crippen molar-refractivity contribution >= 4 is 22.7 Å². The summed E-state index contributed by atoms with van der Waals surface area (Å²) in [7, 11) is 3.05. The predicted molar refractivity (Wildman–Crippen MR) is 94.5 cm³/mol. The highest BCUT2D eigenvalue weighted by Gasteiger charge is 2.22. The van der Waals surface area contributed by atoms with E-state index in [9.17, 15) is 9.59 Å². The maximum Gasteiger partial charge on any atom is 0.375 e. The topological polar surface area (TPSA) is 75.0 Å². The zero-order valence-corrected chi connectivity index (χ0v) is 14.5. The number of carbonyl (C=O) groups excluding carboxylic acids is 2. The molecule has 0 spiro atoms. The minimum absolute atomic E-state index is 0.0477. The van der Waals surface area contributed by atoms with Gasteiger partial charge in [0.2, 0.25) is 5.76 Å².